The first kappa shape index (κ1) is 19.3. The number of hydrogen-bond donors (Lipinski definition) is 5. The molecule has 1 fully saturated rings. The van der Waals surface area contributed by atoms with Crippen molar-refractivity contribution in [2.75, 3.05) is 6.61 Å². The molecule has 0 bridgehead atoms. The molecule has 1 rings (SSSR count). The van der Waals surface area contributed by atoms with Crippen molar-refractivity contribution in [3.05, 3.63) is 12.2 Å². The number of nitrogens with zero attached hydrogens (tertiary/aromatic N) is 1. The quantitative estimate of drug-likeness (QED) is 0.164. The minimum atomic E-state index is -4.79. The van der Waals surface area contributed by atoms with Crippen LogP contribution in [0.1, 0.15) is 6.92 Å². The Labute approximate surface area is 131 Å². The molecular weight excluding hydrogens is 342 g/mol. The summed E-state index contributed by atoms with van der Waals surface area (Å²) < 4.78 is 38.5. The Hall–Kier alpha value is -0.730. The number of aliphatic hydroxyl groups is 4. The molecule has 0 radical (unpaired) electrons. The van der Waals surface area contributed by atoms with Gasteiger partial charge in [-0.1, -0.05) is 23.0 Å². The number of aliphatic hydroxyl groups excluding tert-OH is 4. The van der Waals surface area contributed by atoms with Crippen LogP contribution in [0, 0.1) is 0 Å². The first-order valence-electron chi connectivity index (χ1n) is 6.03. The van der Waals surface area contributed by atoms with Crippen LogP contribution in [0.3, 0.4) is 0 Å². The second-order valence-electron chi connectivity index (χ2n) is 4.25. The topological polar surface area (TPSA) is 166 Å². The third-order valence-electron chi connectivity index (χ3n) is 2.62. The molecule has 5 atom stereocenters. The van der Waals surface area contributed by atoms with Crippen molar-refractivity contribution in [3.8, 4) is 0 Å². The number of oxime groups is 1. The number of ether oxygens (including phenoxy) is 1. The van der Waals surface area contributed by atoms with E-state index in [9.17, 15) is 23.7 Å². The predicted octanol–water partition coefficient (Wildman–Crippen LogP) is -1.77. The molecule has 0 aromatic carbocycles. The van der Waals surface area contributed by atoms with Crippen molar-refractivity contribution in [1.29, 1.82) is 0 Å². The van der Waals surface area contributed by atoms with E-state index >= 15 is 0 Å². The minimum absolute atomic E-state index is 0.0931. The van der Waals surface area contributed by atoms with Gasteiger partial charge < -0.3 is 25.2 Å². The first-order valence-corrected chi connectivity index (χ1v) is 8.28. The van der Waals surface area contributed by atoms with E-state index in [1.165, 1.54) is 12.2 Å². The van der Waals surface area contributed by atoms with E-state index in [4.69, 9.17) is 14.4 Å². The van der Waals surface area contributed by atoms with Gasteiger partial charge in [-0.2, -0.15) is 8.42 Å². The molecule has 0 saturated carbocycles. The van der Waals surface area contributed by atoms with E-state index in [1.54, 1.807) is 6.92 Å². The van der Waals surface area contributed by atoms with Crippen LogP contribution in [0.5, 0.6) is 0 Å². The van der Waals surface area contributed by atoms with Gasteiger partial charge in [-0.25, -0.2) is 4.28 Å². The maximum atomic E-state index is 10.5. The summed E-state index contributed by atoms with van der Waals surface area (Å²) in [5, 5.41) is 41.3. The van der Waals surface area contributed by atoms with Gasteiger partial charge in [0.1, 0.15) is 34.9 Å². The number of allylic oxidation sites excluding steroid dienone is 1. The normalized spacial score (nSPS) is 34.1. The molecule has 0 aromatic heterocycles. The fourth-order valence-electron chi connectivity index (χ4n) is 1.60. The number of hydrogen-bond acceptors (Lipinski definition) is 10. The Kier molecular flexibility index (Phi) is 7.21. The summed E-state index contributed by atoms with van der Waals surface area (Å²) in [5.74, 6) is 0. The highest BCUT2D eigenvalue weighted by Crippen LogP contribution is 2.29. The Balaban J connectivity index is 2.88. The largest absolute Gasteiger partial charge is 0.466 e. The minimum Gasteiger partial charge on any atom is -0.394 e. The SMILES string of the molecule is C/C=C/C(=N/OS(=O)(=O)O)S[C@@H]1O[C@H](CO)[C@@H](O)[C@H](O)[C@H]1O. The molecule has 1 aliphatic heterocycles. The lowest BCUT2D eigenvalue weighted by atomic mass is 10.0. The maximum absolute atomic E-state index is 10.5. The van der Waals surface area contributed by atoms with Crippen LogP contribution in [-0.2, 0) is 19.4 Å². The molecule has 1 heterocycles. The van der Waals surface area contributed by atoms with Crippen LogP contribution in [0.25, 0.3) is 0 Å². The van der Waals surface area contributed by atoms with Gasteiger partial charge in [0, 0.05) is 0 Å². The van der Waals surface area contributed by atoms with Crippen molar-refractivity contribution < 1.29 is 42.4 Å². The van der Waals surface area contributed by atoms with Gasteiger partial charge in [0.05, 0.1) is 6.61 Å². The molecule has 10 nitrogen and oxygen atoms in total. The highest BCUT2D eigenvalue weighted by Gasteiger charge is 2.44. The summed E-state index contributed by atoms with van der Waals surface area (Å²) >= 11 is 0.672. The lowest BCUT2D eigenvalue weighted by molar-refractivity contribution is -0.205. The smallest absolute Gasteiger partial charge is 0.394 e. The lowest BCUT2D eigenvalue weighted by Crippen LogP contribution is -2.57. The zero-order valence-electron chi connectivity index (χ0n) is 11.4. The predicted molar refractivity (Wildman–Crippen MR) is 76.2 cm³/mol. The van der Waals surface area contributed by atoms with E-state index in [0.717, 1.165) is 0 Å². The van der Waals surface area contributed by atoms with E-state index in [2.05, 4.69) is 9.44 Å². The van der Waals surface area contributed by atoms with Gasteiger partial charge in [-0.3, -0.25) is 4.55 Å². The summed E-state index contributed by atoms with van der Waals surface area (Å²) in [6.07, 6.45) is -2.93. The van der Waals surface area contributed by atoms with Gasteiger partial charge in [0.25, 0.3) is 0 Å². The zero-order valence-corrected chi connectivity index (χ0v) is 13.0. The Morgan fingerprint density at radius 3 is 2.45 bits per heavy atom. The molecule has 0 aromatic rings. The average Bonchev–Trinajstić information content (AvgIpc) is 2.44. The maximum Gasteiger partial charge on any atom is 0.466 e. The molecular formula is C10H17NO9S2. The van der Waals surface area contributed by atoms with Crippen LogP contribution >= 0.6 is 11.8 Å². The fourth-order valence-corrected chi connectivity index (χ4v) is 2.85. The Morgan fingerprint density at radius 2 is 1.95 bits per heavy atom. The Morgan fingerprint density at radius 1 is 1.32 bits per heavy atom. The average molecular weight is 359 g/mol. The molecule has 128 valence electrons. The first-order chi connectivity index (χ1) is 10.2. The Bertz CT molecular complexity index is 518. The van der Waals surface area contributed by atoms with Crippen LogP contribution in [0.2, 0.25) is 0 Å². The third-order valence-corrected chi connectivity index (χ3v) is 3.95. The highest BCUT2D eigenvalue weighted by molar-refractivity contribution is 8.14. The van der Waals surface area contributed by atoms with Crippen LogP contribution in [0.4, 0.5) is 0 Å². The van der Waals surface area contributed by atoms with Crippen molar-refractivity contribution in [3.63, 3.8) is 0 Å². The standard InChI is InChI=1S/C10H17NO9S2/c1-2-3-6(11-20-22(16,17)18)21-10-9(15)8(14)7(13)5(4-12)19-10/h2-3,5,7-10,12-15H,4H2,1H3,(H,16,17,18)/b3-2+,11-6-/t5-,7-,8+,9-,10+/m1/s1. The van der Waals surface area contributed by atoms with Crippen LogP contribution in [-0.4, -0.2) is 74.9 Å². The van der Waals surface area contributed by atoms with Gasteiger partial charge in [-0.05, 0) is 13.0 Å². The van der Waals surface area contributed by atoms with Crippen LogP contribution in [0.15, 0.2) is 17.3 Å². The summed E-state index contributed by atoms with van der Waals surface area (Å²) in [6.45, 7) is 0.996. The number of thioether (sulfide) groups is 1. The summed E-state index contributed by atoms with van der Waals surface area (Å²) in [4.78, 5) is 0. The van der Waals surface area contributed by atoms with Gasteiger partial charge >= 0.3 is 10.4 Å². The van der Waals surface area contributed by atoms with E-state index < -0.39 is 46.9 Å². The van der Waals surface area contributed by atoms with Crippen molar-refractivity contribution in [1.82, 2.24) is 0 Å². The van der Waals surface area contributed by atoms with E-state index in [1.807, 2.05) is 0 Å². The van der Waals surface area contributed by atoms with Gasteiger partial charge in [0.15, 0.2) is 0 Å². The summed E-state index contributed by atoms with van der Waals surface area (Å²) in [6, 6.07) is 0. The van der Waals surface area contributed by atoms with Crippen LogP contribution < -0.4 is 0 Å². The molecule has 22 heavy (non-hydrogen) atoms. The highest BCUT2D eigenvalue weighted by atomic mass is 32.3. The second kappa shape index (κ2) is 8.21. The number of rotatable bonds is 5. The van der Waals surface area contributed by atoms with Crippen molar-refractivity contribution in [2.24, 2.45) is 5.16 Å². The molecule has 12 heteroatoms. The molecule has 0 unspecified atom stereocenters. The second-order valence-corrected chi connectivity index (χ2v) is 6.37. The summed E-state index contributed by atoms with van der Waals surface area (Å²) in [7, 11) is -4.79. The molecule has 0 amide bonds. The van der Waals surface area contributed by atoms with Crippen molar-refractivity contribution >= 4 is 27.2 Å². The molecule has 0 aliphatic carbocycles. The zero-order chi connectivity index (χ0) is 16.9. The molecule has 0 spiro atoms. The summed E-state index contributed by atoms with van der Waals surface area (Å²) in [5.41, 5.74) is -1.16. The molecule has 5 N–H and O–H groups in total. The lowest BCUT2D eigenvalue weighted by Gasteiger charge is -2.39. The fraction of sp³-hybridized carbons (Fsp3) is 0.700. The van der Waals surface area contributed by atoms with E-state index in [0.29, 0.717) is 11.8 Å². The van der Waals surface area contributed by atoms with Crippen molar-refractivity contribution in [2.45, 2.75) is 36.8 Å². The third kappa shape index (κ3) is 5.48. The molecule has 1 saturated heterocycles. The van der Waals surface area contributed by atoms with Gasteiger partial charge in [-0.15, -0.1) is 0 Å². The van der Waals surface area contributed by atoms with Gasteiger partial charge in [0.2, 0.25) is 0 Å². The molecule has 1 aliphatic rings. The monoisotopic (exact) mass is 359 g/mol. The van der Waals surface area contributed by atoms with E-state index in [-0.39, 0.29) is 5.04 Å².